The van der Waals surface area contributed by atoms with Crippen molar-refractivity contribution >= 4 is 46.2 Å². The van der Waals surface area contributed by atoms with Gasteiger partial charge in [0.1, 0.15) is 0 Å². The van der Waals surface area contributed by atoms with Crippen molar-refractivity contribution in [2.75, 3.05) is 31.5 Å². The van der Waals surface area contributed by atoms with E-state index in [0.717, 1.165) is 38.4 Å². The van der Waals surface area contributed by atoms with Crippen LogP contribution in [0.4, 0.5) is 5.69 Å². The van der Waals surface area contributed by atoms with Crippen molar-refractivity contribution in [2.45, 2.75) is 6.54 Å². The summed E-state index contributed by atoms with van der Waals surface area (Å²) >= 11 is 17.6. The molecule has 1 fully saturated rings. The van der Waals surface area contributed by atoms with E-state index in [9.17, 15) is 0 Å². The Hall–Kier alpha value is -1.84. The topological polar surface area (TPSA) is 42.3 Å². The quantitative estimate of drug-likeness (QED) is 0.768. The van der Waals surface area contributed by atoms with Crippen LogP contribution >= 0.6 is 35.4 Å². The minimum atomic E-state index is 0.579. The Morgan fingerprint density at radius 1 is 1.04 bits per heavy atom. The molecule has 0 spiro atoms. The van der Waals surface area contributed by atoms with E-state index in [1.165, 1.54) is 5.56 Å². The lowest BCUT2D eigenvalue weighted by Crippen LogP contribution is -2.49. The number of nitrogens with zero attached hydrogens (tertiary/aromatic N) is 3. The Morgan fingerprint density at radius 3 is 2.23 bits per heavy atom. The molecule has 0 aromatic heterocycles. The summed E-state index contributed by atoms with van der Waals surface area (Å²) in [6.07, 6.45) is 0. The van der Waals surface area contributed by atoms with Crippen molar-refractivity contribution in [1.29, 1.82) is 5.26 Å². The van der Waals surface area contributed by atoms with Crippen LogP contribution in [0.25, 0.3) is 0 Å². The summed E-state index contributed by atoms with van der Waals surface area (Å²) < 4.78 is 0. The van der Waals surface area contributed by atoms with Crippen LogP contribution in [0.1, 0.15) is 11.1 Å². The van der Waals surface area contributed by atoms with Gasteiger partial charge >= 0.3 is 0 Å². The van der Waals surface area contributed by atoms with Crippen LogP contribution in [0.2, 0.25) is 10.0 Å². The number of nitriles is 1. The molecule has 0 bridgehead atoms. The van der Waals surface area contributed by atoms with Crippen molar-refractivity contribution in [1.82, 2.24) is 9.80 Å². The van der Waals surface area contributed by atoms with Crippen molar-refractivity contribution in [3.05, 3.63) is 63.6 Å². The lowest BCUT2D eigenvalue weighted by molar-refractivity contribution is 0.177. The molecule has 1 heterocycles. The molecule has 2 aromatic rings. The highest BCUT2D eigenvalue weighted by Crippen LogP contribution is 2.23. The molecule has 3 rings (SSSR count). The molecule has 1 N–H and O–H groups in total. The highest BCUT2D eigenvalue weighted by molar-refractivity contribution is 7.80. The Balaban J connectivity index is 1.51. The fourth-order valence-electron chi connectivity index (χ4n) is 2.88. The maximum atomic E-state index is 8.87. The lowest BCUT2D eigenvalue weighted by Gasteiger charge is -2.36. The zero-order valence-corrected chi connectivity index (χ0v) is 16.4. The lowest BCUT2D eigenvalue weighted by atomic mass is 10.1. The van der Waals surface area contributed by atoms with Crippen molar-refractivity contribution in [3.63, 3.8) is 0 Å². The summed E-state index contributed by atoms with van der Waals surface area (Å²) in [5.74, 6) is 0. The molecule has 2 aromatic carbocycles. The van der Waals surface area contributed by atoms with Crippen LogP contribution < -0.4 is 5.32 Å². The number of hydrogen-bond donors (Lipinski definition) is 1. The van der Waals surface area contributed by atoms with E-state index >= 15 is 0 Å². The van der Waals surface area contributed by atoms with E-state index in [4.69, 9.17) is 40.7 Å². The zero-order valence-electron chi connectivity index (χ0n) is 14.1. The van der Waals surface area contributed by atoms with Crippen LogP contribution in [-0.2, 0) is 6.54 Å². The van der Waals surface area contributed by atoms with Gasteiger partial charge in [-0.2, -0.15) is 5.26 Å². The molecule has 26 heavy (non-hydrogen) atoms. The fourth-order valence-corrected chi connectivity index (χ4v) is 3.71. The molecular formula is C19H18Cl2N4S. The summed E-state index contributed by atoms with van der Waals surface area (Å²) in [7, 11) is 0. The minimum Gasteiger partial charge on any atom is -0.346 e. The van der Waals surface area contributed by atoms with Crippen LogP contribution in [0.5, 0.6) is 0 Å². The molecule has 0 radical (unpaired) electrons. The first-order chi connectivity index (χ1) is 12.5. The molecule has 4 nitrogen and oxygen atoms in total. The fraction of sp³-hybridized carbons (Fsp3) is 0.263. The number of thiocarbonyl (C=S) groups is 1. The van der Waals surface area contributed by atoms with Crippen molar-refractivity contribution < 1.29 is 0 Å². The van der Waals surface area contributed by atoms with E-state index in [2.05, 4.69) is 21.2 Å². The Morgan fingerprint density at radius 2 is 1.65 bits per heavy atom. The smallest absolute Gasteiger partial charge is 0.173 e. The predicted octanol–water partition coefficient (Wildman–Crippen LogP) is 4.38. The molecule has 1 saturated heterocycles. The second kappa shape index (κ2) is 8.70. The first-order valence-corrected chi connectivity index (χ1v) is 9.43. The van der Waals surface area contributed by atoms with Crippen molar-refractivity contribution in [2.24, 2.45) is 0 Å². The Kier molecular flexibility index (Phi) is 6.33. The van der Waals surface area contributed by atoms with Crippen LogP contribution in [0.15, 0.2) is 42.5 Å². The van der Waals surface area contributed by atoms with Crippen LogP contribution in [0.3, 0.4) is 0 Å². The second-order valence-electron chi connectivity index (χ2n) is 6.16. The van der Waals surface area contributed by atoms with Gasteiger partial charge in [0.15, 0.2) is 5.11 Å². The molecular weight excluding hydrogens is 387 g/mol. The molecule has 7 heteroatoms. The third-order valence-electron chi connectivity index (χ3n) is 4.26. The highest BCUT2D eigenvalue weighted by atomic mass is 35.5. The van der Waals surface area contributed by atoms with Crippen molar-refractivity contribution in [3.8, 4) is 6.07 Å². The predicted molar refractivity (Wildman–Crippen MR) is 111 cm³/mol. The number of hydrogen-bond acceptors (Lipinski definition) is 3. The molecule has 0 unspecified atom stereocenters. The zero-order chi connectivity index (χ0) is 18.5. The summed E-state index contributed by atoms with van der Waals surface area (Å²) in [6, 6.07) is 15.2. The molecule has 0 atom stereocenters. The third-order valence-corrected chi connectivity index (χ3v) is 5.06. The average molecular weight is 405 g/mol. The number of rotatable bonds is 3. The van der Waals surface area contributed by atoms with Gasteiger partial charge in [0, 0.05) is 48.5 Å². The average Bonchev–Trinajstić information content (AvgIpc) is 2.62. The van der Waals surface area contributed by atoms with E-state index in [-0.39, 0.29) is 0 Å². The summed E-state index contributed by atoms with van der Waals surface area (Å²) in [6.45, 7) is 4.45. The Labute approximate surface area is 168 Å². The number of nitrogens with one attached hydrogen (secondary N) is 1. The van der Waals surface area contributed by atoms with Crippen LogP contribution in [0, 0.1) is 11.3 Å². The number of anilines is 1. The normalized spacial score (nSPS) is 14.7. The second-order valence-corrected chi connectivity index (χ2v) is 7.42. The monoisotopic (exact) mass is 404 g/mol. The molecule has 0 aliphatic carbocycles. The van der Waals surface area contributed by atoms with Gasteiger partial charge in [0.2, 0.25) is 0 Å². The number of piperazine rings is 1. The van der Waals surface area contributed by atoms with Gasteiger partial charge in [-0.05, 0) is 48.1 Å². The van der Waals surface area contributed by atoms with Crippen LogP contribution in [-0.4, -0.2) is 41.1 Å². The summed E-state index contributed by atoms with van der Waals surface area (Å²) in [5.41, 5.74) is 2.70. The van der Waals surface area contributed by atoms with Gasteiger partial charge in [0.25, 0.3) is 0 Å². The Bertz CT molecular complexity index is 804. The standard InChI is InChI=1S/C19H18Cl2N4S/c20-16-9-17(21)11-18(10-16)23-19(26)25-7-5-24(6-8-25)13-15-3-1-14(12-22)2-4-15/h1-4,9-11H,5-8,13H2,(H,23,26). The third kappa shape index (κ3) is 5.09. The van der Waals surface area contributed by atoms with Gasteiger partial charge in [0.05, 0.1) is 11.6 Å². The highest BCUT2D eigenvalue weighted by Gasteiger charge is 2.19. The molecule has 1 aliphatic heterocycles. The first kappa shape index (κ1) is 18.9. The minimum absolute atomic E-state index is 0.579. The van der Waals surface area contributed by atoms with Gasteiger partial charge in [-0.15, -0.1) is 0 Å². The van der Waals surface area contributed by atoms with E-state index in [1.54, 1.807) is 18.2 Å². The number of halogens is 2. The van der Waals surface area contributed by atoms with Gasteiger partial charge in [-0.3, -0.25) is 4.90 Å². The van der Waals surface area contributed by atoms with E-state index < -0.39 is 0 Å². The van der Waals surface area contributed by atoms with Gasteiger partial charge in [-0.25, -0.2) is 0 Å². The maximum Gasteiger partial charge on any atom is 0.173 e. The SMILES string of the molecule is N#Cc1ccc(CN2CCN(C(=S)Nc3cc(Cl)cc(Cl)c3)CC2)cc1. The molecule has 0 amide bonds. The largest absolute Gasteiger partial charge is 0.346 e. The van der Waals surface area contributed by atoms with Gasteiger partial charge in [-0.1, -0.05) is 35.3 Å². The molecule has 0 saturated carbocycles. The van der Waals surface area contributed by atoms with Gasteiger partial charge < -0.3 is 10.2 Å². The molecule has 134 valence electrons. The summed E-state index contributed by atoms with van der Waals surface area (Å²) in [4.78, 5) is 4.54. The van der Waals surface area contributed by atoms with E-state index in [0.29, 0.717) is 20.7 Å². The summed E-state index contributed by atoms with van der Waals surface area (Å²) in [5, 5.41) is 13.9. The number of benzene rings is 2. The molecule has 1 aliphatic rings. The first-order valence-electron chi connectivity index (χ1n) is 8.27. The maximum absolute atomic E-state index is 8.87. The van der Waals surface area contributed by atoms with E-state index in [1.807, 2.05) is 24.3 Å².